The van der Waals surface area contributed by atoms with Gasteiger partial charge in [-0.3, -0.25) is 4.79 Å². The van der Waals surface area contributed by atoms with Gasteiger partial charge in [0, 0.05) is 16.1 Å². The summed E-state index contributed by atoms with van der Waals surface area (Å²) in [6.45, 7) is 0. The molecule has 1 aromatic carbocycles. The van der Waals surface area contributed by atoms with Crippen molar-refractivity contribution < 1.29 is 4.79 Å². The van der Waals surface area contributed by atoms with E-state index in [1.807, 2.05) is 18.2 Å². The van der Waals surface area contributed by atoms with Crippen molar-refractivity contribution in [1.29, 1.82) is 0 Å². The SMILES string of the molecule is O=C(N/N=C1/C[C@H]2C=CC[C@H]12)c1ccccc1Br. The van der Waals surface area contributed by atoms with Crippen LogP contribution in [-0.2, 0) is 0 Å². The predicted octanol–water partition coefficient (Wildman–Crippen LogP) is 3.13. The van der Waals surface area contributed by atoms with Gasteiger partial charge in [0.05, 0.1) is 5.56 Å². The summed E-state index contributed by atoms with van der Waals surface area (Å²) in [6.07, 6.45) is 6.50. The molecule has 18 heavy (non-hydrogen) atoms. The molecule has 92 valence electrons. The van der Waals surface area contributed by atoms with Crippen molar-refractivity contribution in [3.8, 4) is 0 Å². The third-order valence-corrected chi connectivity index (χ3v) is 4.27. The molecule has 0 saturated heterocycles. The summed E-state index contributed by atoms with van der Waals surface area (Å²) in [5.74, 6) is 1.03. The minimum absolute atomic E-state index is 0.163. The fraction of sp³-hybridized carbons (Fsp3) is 0.286. The number of benzene rings is 1. The Labute approximate surface area is 114 Å². The maximum absolute atomic E-state index is 11.9. The van der Waals surface area contributed by atoms with E-state index in [0.29, 0.717) is 17.4 Å². The number of carbonyl (C=O) groups excluding carboxylic acids is 1. The molecular formula is C14H13BrN2O. The van der Waals surface area contributed by atoms with Crippen molar-refractivity contribution in [2.45, 2.75) is 12.8 Å². The fourth-order valence-electron chi connectivity index (χ4n) is 2.49. The second kappa shape index (κ2) is 4.69. The Kier molecular flexibility index (Phi) is 3.04. The smallest absolute Gasteiger partial charge is 0.267 e. The monoisotopic (exact) mass is 304 g/mol. The lowest BCUT2D eigenvalue weighted by Crippen LogP contribution is -2.35. The molecule has 0 aliphatic heterocycles. The molecule has 0 bridgehead atoms. The summed E-state index contributed by atoms with van der Waals surface area (Å²) in [5.41, 5.74) is 4.37. The Balaban J connectivity index is 1.66. The minimum Gasteiger partial charge on any atom is -0.267 e. The molecule has 2 aliphatic rings. The zero-order valence-corrected chi connectivity index (χ0v) is 11.4. The average molecular weight is 305 g/mol. The number of hydrazone groups is 1. The first kappa shape index (κ1) is 11.7. The van der Waals surface area contributed by atoms with Crippen LogP contribution in [0.5, 0.6) is 0 Å². The number of carbonyl (C=O) groups is 1. The maximum atomic E-state index is 11.9. The van der Waals surface area contributed by atoms with E-state index in [9.17, 15) is 4.79 Å². The minimum atomic E-state index is -0.163. The second-order valence-corrected chi connectivity index (χ2v) is 5.52. The van der Waals surface area contributed by atoms with Crippen molar-refractivity contribution in [2.75, 3.05) is 0 Å². The van der Waals surface area contributed by atoms with E-state index in [0.717, 1.165) is 23.0 Å². The fourth-order valence-corrected chi connectivity index (χ4v) is 2.96. The van der Waals surface area contributed by atoms with E-state index in [1.54, 1.807) is 6.07 Å². The Morgan fingerprint density at radius 3 is 3.00 bits per heavy atom. The number of halogens is 1. The Morgan fingerprint density at radius 2 is 2.22 bits per heavy atom. The van der Waals surface area contributed by atoms with Crippen LogP contribution in [0.3, 0.4) is 0 Å². The second-order valence-electron chi connectivity index (χ2n) is 4.66. The molecule has 1 fully saturated rings. The van der Waals surface area contributed by atoms with Gasteiger partial charge in [0.15, 0.2) is 0 Å². The van der Waals surface area contributed by atoms with Crippen LogP contribution in [0.1, 0.15) is 23.2 Å². The van der Waals surface area contributed by atoms with Gasteiger partial charge in [-0.05, 0) is 46.8 Å². The standard InChI is InChI=1S/C14H13BrN2O/c15-12-7-2-1-5-11(12)14(18)17-16-13-8-9-4-3-6-10(9)13/h1-5,7,9-10H,6,8H2,(H,17,18)/b16-13-/t9-,10+/m1/s1. The van der Waals surface area contributed by atoms with Crippen molar-refractivity contribution in [3.63, 3.8) is 0 Å². The highest BCUT2D eigenvalue weighted by atomic mass is 79.9. The number of nitrogens with one attached hydrogen (secondary N) is 1. The van der Waals surface area contributed by atoms with Crippen LogP contribution in [0.4, 0.5) is 0 Å². The number of hydrogen-bond acceptors (Lipinski definition) is 2. The van der Waals surface area contributed by atoms with Crippen LogP contribution in [0.25, 0.3) is 0 Å². The van der Waals surface area contributed by atoms with E-state index >= 15 is 0 Å². The van der Waals surface area contributed by atoms with Crippen molar-refractivity contribution in [1.82, 2.24) is 5.43 Å². The maximum Gasteiger partial charge on any atom is 0.272 e. The number of fused-ring (bicyclic) bond motifs is 1. The van der Waals surface area contributed by atoms with E-state index in [-0.39, 0.29) is 5.91 Å². The summed E-state index contributed by atoms with van der Waals surface area (Å²) < 4.78 is 0.789. The molecule has 0 heterocycles. The average Bonchev–Trinajstić information content (AvgIpc) is 2.71. The van der Waals surface area contributed by atoms with E-state index in [2.05, 4.69) is 38.6 Å². The van der Waals surface area contributed by atoms with Crippen LogP contribution < -0.4 is 5.43 Å². The molecule has 1 N–H and O–H groups in total. The third kappa shape index (κ3) is 2.01. The molecular weight excluding hydrogens is 292 g/mol. The highest BCUT2D eigenvalue weighted by Crippen LogP contribution is 2.40. The van der Waals surface area contributed by atoms with Crippen molar-refractivity contribution >= 4 is 27.5 Å². The van der Waals surface area contributed by atoms with E-state index in [1.165, 1.54) is 0 Å². The molecule has 2 aliphatic carbocycles. The van der Waals surface area contributed by atoms with Gasteiger partial charge in [0.25, 0.3) is 5.91 Å². The number of hydrogen-bond donors (Lipinski definition) is 1. The molecule has 2 atom stereocenters. The van der Waals surface area contributed by atoms with Gasteiger partial charge < -0.3 is 0 Å². The lowest BCUT2D eigenvalue weighted by atomic mass is 9.74. The molecule has 1 saturated carbocycles. The lowest BCUT2D eigenvalue weighted by Gasteiger charge is -2.31. The summed E-state index contributed by atoms with van der Waals surface area (Å²) in [7, 11) is 0. The number of amides is 1. The summed E-state index contributed by atoms with van der Waals surface area (Å²) in [4.78, 5) is 11.9. The molecule has 0 aromatic heterocycles. The topological polar surface area (TPSA) is 41.5 Å². The summed E-state index contributed by atoms with van der Waals surface area (Å²) >= 11 is 3.36. The van der Waals surface area contributed by atoms with Gasteiger partial charge in [-0.25, -0.2) is 5.43 Å². The first-order valence-corrected chi connectivity index (χ1v) is 6.83. The normalized spacial score (nSPS) is 26.8. The Morgan fingerprint density at radius 1 is 1.39 bits per heavy atom. The van der Waals surface area contributed by atoms with Crippen molar-refractivity contribution in [2.24, 2.45) is 16.9 Å². The van der Waals surface area contributed by atoms with Crippen LogP contribution in [0.15, 0.2) is 46.0 Å². The van der Waals surface area contributed by atoms with Gasteiger partial charge in [0.1, 0.15) is 0 Å². The summed E-state index contributed by atoms with van der Waals surface area (Å²) in [5, 5.41) is 4.25. The zero-order chi connectivity index (χ0) is 12.5. The molecule has 3 rings (SSSR count). The van der Waals surface area contributed by atoms with Gasteiger partial charge in [-0.1, -0.05) is 24.3 Å². The quantitative estimate of drug-likeness (QED) is 0.662. The first-order valence-electron chi connectivity index (χ1n) is 6.03. The van der Waals surface area contributed by atoms with Crippen LogP contribution in [0, 0.1) is 11.8 Å². The zero-order valence-electron chi connectivity index (χ0n) is 9.77. The molecule has 0 radical (unpaired) electrons. The Hall–Kier alpha value is -1.42. The number of rotatable bonds is 2. The highest BCUT2D eigenvalue weighted by molar-refractivity contribution is 9.10. The highest BCUT2D eigenvalue weighted by Gasteiger charge is 2.38. The number of nitrogens with zero attached hydrogens (tertiary/aromatic N) is 1. The lowest BCUT2D eigenvalue weighted by molar-refractivity contribution is 0.0953. The molecule has 3 nitrogen and oxygen atoms in total. The van der Waals surface area contributed by atoms with Gasteiger partial charge >= 0.3 is 0 Å². The van der Waals surface area contributed by atoms with Crippen LogP contribution in [0.2, 0.25) is 0 Å². The first-order chi connectivity index (χ1) is 8.75. The Bertz CT molecular complexity index is 550. The van der Waals surface area contributed by atoms with E-state index < -0.39 is 0 Å². The molecule has 4 heteroatoms. The van der Waals surface area contributed by atoms with Crippen molar-refractivity contribution in [3.05, 3.63) is 46.5 Å². The molecule has 0 spiro atoms. The van der Waals surface area contributed by atoms with Crippen LogP contribution in [-0.4, -0.2) is 11.6 Å². The van der Waals surface area contributed by atoms with Crippen LogP contribution >= 0.6 is 15.9 Å². The van der Waals surface area contributed by atoms with Gasteiger partial charge in [-0.15, -0.1) is 0 Å². The predicted molar refractivity (Wildman–Crippen MR) is 74.4 cm³/mol. The summed E-state index contributed by atoms with van der Waals surface area (Å²) in [6, 6.07) is 7.35. The molecule has 1 aromatic rings. The van der Waals surface area contributed by atoms with E-state index in [4.69, 9.17) is 0 Å². The van der Waals surface area contributed by atoms with Gasteiger partial charge in [0.2, 0.25) is 0 Å². The number of allylic oxidation sites excluding steroid dienone is 2. The largest absolute Gasteiger partial charge is 0.272 e. The molecule has 0 unspecified atom stereocenters. The third-order valence-electron chi connectivity index (χ3n) is 3.58. The van der Waals surface area contributed by atoms with Gasteiger partial charge in [-0.2, -0.15) is 5.10 Å². The molecule has 1 amide bonds.